The van der Waals surface area contributed by atoms with Crippen LogP contribution in [-0.2, 0) is 6.42 Å². The van der Waals surface area contributed by atoms with Gasteiger partial charge in [0, 0.05) is 56.9 Å². The van der Waals surface area contributed by atoms with E-state index >= 15 is 0 Å². The molecule has 0 aliphatic carbocycles. The Bertz CT molecular complexity index is 1150. The molecule has 0 unspecified atom stereocenters. The molecule has 0 atom stereocenters. The lowest BCUT2D eigenvalue weighted by Gasteiger charge is -2.36. The van der Waals surface area contributed by atoms with Crippen LogP contribution in [0.15, 0.2) is 83.9 Å². The van der Waals surface area contributed by atoms with Crippen LogP contribution in [0, 0.1) is 0 Å². The molecule has 0 saturated carbocycles. The molecule has 1 saturated heterocycles. The number of rotatable bonds is 8. The lowest BCUT2D eigenvalue weighted by atomic mass is 10.1. The zero-order chi connectivity index (χ0) is 25.3. The maximum absolute atomic E-state index is 12.8. The molecule has 188 valence electrons. The largest absolute Gasteiger partial charge is 0.354 e. The Balaban J connectivity index is 1.51. The quantitative estimate of drug-likeness (QED) is 0.290. The highest BCUT2D eigenvalue weighted by Gasteiger charge is 2.22. The van der Waals surface area contributed by atoms with Gasteiger partial charge in [-0.25, -0.2) is 4.99 Å². The number of aliphatic imine (C=N–C) groups is 1. The van der Waals surface area contributed by atoms with Crippen LogP contribution in [0.4, 0.5) is 5.69 Å². The van der Waals surface area contributed by atoms with E-state index in [1.807, 2.05) is 67.3 Å². The number of nitrogens with zero attached hydrogens (tertiary/aromatic N) is 4. The Labute approximate surface area is 220 Å². The zero-order valence-corrected chi connectivity index (χ0v) is 22.0. The maximum Gasteiger partial charge on any atom is 0.253 e. The second-order valence-corrected chi connectivity index (χ2v) is 9.41. The number of hydrogen-bond donors (Lipinski definition) is 0. The summed E-state index contributed by atoms with van der Waals surface area (Å²) in [5, 5.41) is 0.629. The topological polar surface area (TPSA) is 39.2 Å². The Hall–Kier alpha value is -3.15. The summed E-state index contributed by atoms with van der Waals surface area (Å²) in [6.45, 7) is 10.2. The molecule has 1 aliphatic heterocycles. The van der Waals surface area contributed by atoms with Gasteiger partial charge in [-0.1, -0.05) is 66.2 Å². The number of hydrogen-bond acceptors (Lipinski definition) is 3. The predicted octanol–water partition coefficient (Wildman–Crippen LogP) is 5.76. The Kier molecular flexibility index (Phi) is 9.15. The summed E-state index contributed by atoms with van der Waals surface area (Å²) in [7, 11) is 0. The number of amidine groups is 1. The number of carbonyl (C=O) groups excluding carboxylic acids is 1. The third-order valence-corrected chi connectivity index (χ3v) is 7.07. The van der Waals surface area contributed by atoms with Crippen LogP contribution in [0.25, 0.3) is 0 Å². The molecule has 0 radical (unpaired) electrons. The van der Waals surface area contributed by atoms with Crippen LogP contribution in [0.3, 0.4) is 0 Å². The van der Waals surface area contributed by atoms with E-state index < -0.39 is 0 Å². The van der Waals surface area contributed by atoms with Gasteiger partial charge in [-0.3, -0.25) is 9.69 Å². The molecular weight excluding hydrogens is 468 g/mol. The standard InChI is InChI=1S/C30H35ClN4O/c1-3-34(4-2)30(36)26-16-14-25(15-17-26)29(32-28-13-9-8-12-27(28)31)35-22-20-33(21-23-35)19-18-24-10-6-5-7-11-24/h5-17H,3-4,18-23H2,1-2H3. The first kappa shape index (κ1) is 25.9. The van der Waals surface area contributed by atoms with E-state index in [-0.39, 0.29) is 5.91 Å². The van der Waals surface area contributed by atoms with E-state index in [1.165, 1.54) is 5.56 Å². The Morgan fingerprint density at radius 1 is 0.833 bits per heavy atom. The second kappa shape index (κ2) is 12.7. The van der Waals surface area contributed by atoms with E-state index in [4.69, 9.17) is 16.6 Å². The van der Waals surface area contributed by atoms with Gasteiger partial charge >= 0.3 is 0 Å². The maximum atomic E-state index is 12.8. The minimum absolute atomic E-state index is 0.0585. The predicted molar refractivity (Wildman–Crippen MR) is 150 cm³/mol. The lowest BCUT2D eigenvalue weighted by molar-refractivity contribution is 0.0773. The number of amides is 1. The number of benzene rings is 3. The van der Waals surface area contributed by atoms with Crippen LogP contribution in [-0.4, -0.2) is 72.3 Å². The molecule has 6 heteroatoms. The highest BCUT2D eigenvalue weighted by Crippen LogP contribution is 2.26. The van der Waals surface area contributed by atoms with Gasteiger partial charge in [-0.15, -0.1) is 0 Å². The van der Waals surface area contributed by atoms with Crippen LogP contribution in [0.2, 0.25) is 5.02 Å². The smallest absolute Gasteiger partial charge is 0.253 e. The normalized spacial score (nSPS) is 14.6. The molecule has 1 aliphatic rings. The van der Waals surface area contributed by atoms with Gasteiger partial charge in [0.25, 0.3) is 5.91 Å². The van der Waals surface area contributed by atoms with Crippen molar-refractivity contribution < 1.29 is 4.79 Å². The molecule has 1 heterocycles. The lowest BCUT2D eigenvalue weighted by Crippen LogP contribution is -2.49. The SMILES string of the molecule is CCN(CC)C(=O)c1ccc(C(=Nc2ccccc2Cl)N2CCN(CCc3ccccc3)CC2)cc1. The van der Waals surface area contributed by atoms with Crippen molar-refractivity contribution in [1.29, 1.82) is 0 Å². The molecule has 5 nitrogen and oxygen atoms in total. The molecule has 0 aromatic heterocycles. The molecule has 1 fully saturated rings. The number of halogens is 1. The van der Waals surface area contributed by atoms with Gasteiger partial charge < -0.3 is 9.80 Å². The highest BCUT2D eigenvalue weighted by molar-refractivity contribution is 6.33. The minimum Gasteiger partial charge on any atom is -0.354 e. The summed E-state index contributed by atoms with van der Waals surface area (Å²) >= 11 is 6.47. The minimum atomic E-state index is 0.0585. The molecule has 3 aromatic rings. The van der Waals surface area contributed by atoms with Gasteiger partial charge in [-0.2, -0.15) is 0 Å². The van der Waals surface area contributed by atoms with Crippen LogP contribution < -0.4 is 0 Å². The summed E-state index contributed by atoms with van der Waals surface area (Å²) in [5.74, 6) is 0.954. The van der Waals surface area contributed by atoms with Crippen molar-refractivity contribution in [3.8, 4) is 0 Å². The first-order valence-corrected chi connectivity index (χ1v) is 13.2. The van der Waals surface area contributed by atoms with Gasteiger partial charge in [0.15, 0.2) is 0 Å². The van der Waals surface area contributed by atoms with Crippen LogP contribution >= 0.6 is 11.6 Å². The van der Waals surface area contributed by atoms with E-state index in [9.17, 15) is 4.79 Å². The summed E-state index contributed by atoms with van der Waals surface area (Å²) in [4.78, 5) is 24.5. The van der Waals surface area contributed by atoms with Crippen LogP contribution in [0.1, 0.15) is 35.3 Å². The third-order valence-electron chi connectivity index (χ3n) is 6.75. The zero-order valence-electron chi connectivity index (χ0n) is 21.2. The number of piperazine rings is 1. The van der Waals surface area contributed by atoms with Gasteiger partial charge in [0.05, 0.1) is 10.7 Å². The van der Waals surface area contributed by atoms with E-state index in [1.54, 1.807) is 0 Å². The average molecular weight is 503 g/mol. The average Bonchev–Trinajstić information content (AvgIpc) is 2.93. The number of carbonyl (C=O) groups is 1. The van der Waals surface area contributed by atoms with Crippen molar-refractivity contribution in [2.45, 2.75) is 20.3 Å². The van der Waals surface area contributed by atoms with Gasteiger partial charge in [0.2, 0.25) is 0 Å². The summed E-state index contributed by atoms with van der Waals surface area (Å²) in [6, 6.07) is 26.2. The third kappa shape index (κ3) is 6.54. The van der Waals surface area contributed by atoms with Crippen molar-refractivity contribution in [2.75, 3.05) is 45.8 Å². The fraction of sp³-hybridized carbons (Fsp3) is 0.333. The van der Waals surface area contributed by atoms with E-state index in [0.29, 0.717) is 23.7 Å². The molecule has 0 bridgehead atoms. The number of para-hydroxylation sites is 1. The summed E-state index contributed by atoms with van der Waals surface area (Å²) in [5.41, 5.74) is 3.82. The molecule has 1 amide bonds. The van der Waals surface area contributed by atoms with Gasteiger partial charge in [0.1, 0.15) is 5.84 Å². The molecule has 36 heavy (non-hydrogen) atoms. The Morgan fingerprint density at radius 3 is 2.08 bits per heavy atom. The van der Waals surface area contributed by atoms with Crippen molar-refractivity contribution in [2.24, 2.45) is 4.99 Å². The van der Waals surface area contributed by atoms with Crippen molar-refractivity contribution >= 4 is 29.0 Å². The van der Waals surface area contributed by atoms with Crippen molar-refractivity contribution in [3.63, 3.8) is 0 Å². The molecule has 4 rings (SSSR count). The molecule has 0 spiro atoms. The van der Waals surface area contributed by atoms with E-state index in [2.05, 4.69) is 40.1 Å². The second-order valence-electron chi connectivity index (χ2n) is 9.01. The fourth-order valence-corrected chi connectivity index (χ4v) is 4.72. The molecular formula is C30H35ClN4O. The first-order chi connectivity index (χ1) is 17.6. The monoisotopic (exact) mass is 502 g/mol. The summed E-state index contributed by atoms with van der Waals surface area (Å²) in [6.07, 6.45) is 1.06. The Morgan fingerprint density at radius 2 is 1.44 bits per heavy atom. The molecule has 0 N–H and O–H groups in total. The fourth-order valence-electron chi connectivity index (χ4n) is 4.54. The van der Waals surface area contributed by atoms with Crippen molar-refractivity contribution in [1.82, 2.24) is 14.7 Å². The van der Waals surface area contributed by atoms with E-state index in [0.717, 1.165) is 56.2 Å². The van der Waals surface area contributed by atoms with Crippen molar-refractivity contribution in [3.05, 3.63) is 101 Å². The van der Waals surface area contributed by atoms with Gasteiger partial charge in [-0.05, 0) is 50.1 Å². The highest BCUT2D eigenvalue weighted by atomic mass is 35.5. The van der Waals surface area contributed by atoms with Crippen LogP contribution in [0.5, 0.6) is 0 Å². The molecule has 3 aromatic carbocycles. The summed E-state index contributed by atoms with van der Waals surface area (Å²) < 4.78 is 0. The first-order valence-electron chi connectivity index (χ1n) is 12.8.